The minimum atomic E-state index is 0.661. The number of nitrogens with two attached hydrogens (primary N) is 1. The average Bonchev–Trinajstić information content (AvgIpc) is 2.34. The van der Waals surface area contributed by atoms with Gasteiger partial charge in [0.05, 0.1) is 10.7 Å². The lowest BCUT2D eigenvalue weighted by Crippen LogP contribution is -2.35. The van der Waals surface area contributed by atoms with Crippen molar-refractivity contribution in [3.8, 4) is 0 Å². The van der Waals surface area contributed by atoms with Gasteiger partial charge in [0.2, 0.25) is 0 Å². The largest absolute Gasteiger partial charge is 0.398 e. The summed E-state index contributed by atoms with van der Waals surface area (Å²) >= 11 is 6.06. The molecule has 0 saturated heterocycles. The lowest BCUT2D eigenvalue weighted by Gasteiger charge is -2.34. The lowest BCUT2D eigenvalue weighted by atomic mass is 9.86. The Morgan fingerprint density at radius 1 is 1.39 bits per heavy atom. The van der Waals surface area contributed by atoms with Crippen molar-refractivity contribution in [1.29, 1.82) is 0 Å². The van der Waals surface area contributed by atoms with Crippen LogP contribution in [0.5, 0.6) is 0 Å². The van der Waals surface area contributed by atoms with E-state index >= 15 is 0 Å². The van der Waals surface area contributed by atoms with Gasteiger partial charge in [0.25, 0.3) is 0 Å². The van der Waals surface area contributed by atoms with Crippen LogP contribution in [0.15, 0.2) is 18.2 Å². The van der Waals surface area contributed by atoms with E-state index in [0.29, 0.717) is 16.8 Å². The average molecular weight is 267 g/mol. The first-order chi connectivity index (χ1) is 8.56. The highest BCUT2D eigenvalue weighted by Crippen LogP contribution is 2.28. The standard InChI is InChI=1S/C15H23ClN2/c1-11-4-3-5-13(8-11)18(2)10-12-6-7-15(17)14(16)9-12/h6-7,9,11,13H,3-5,8,10,17H2,1-2H3. The predicted octanol–water partition coefficient (Wildman–Crippen LogP) is 3.93. The maximum absolute atomic E-state index is 6.06. The first kappa shape index (κ1) is 13.7. The molecule has 0 amide bonds. The van der Waals surface area contributed by atoms with Gasteiger partial charge in [0.1, 0.15) is 0 Å². The second-order valence-corrected chi connectivity index (χ2v) is 6.10. The van der Waals surface area contributed by atoms with E-state index in [1.54, 1.807) is 0 Å². The van der Waals surface area contributed by atoms with Crippen LogP contribution < -0.4 is 5.73 Å². The number of nitrogen functional groups attached to an aromatic ring is 1. The van der Waals surface area contributed by atoms with E-state index in [1.165, 1.54) is 31.2 Å². The van der Waals surface area contributed by atoms with Crippen molar-refractivity contribution < 1.29 is 0 Å². The van der Waals surface area contributed by atoms with Crippen LogP contribution in [0.3, 0.4) is 0 Å². The molecule has 1 aliphatic carbocycles. The maximum Gasteiger partial charge on any atom is 0.0638 e. The van der Waals surface area contributed by atoms with Crippen molar-refractivity contribution >= 4 is 17.3 Å². The molecule has 100 valence electrons. The smallest absolute Gasteiger partial charge is 0.0638 e. The zero-order chi connectivity index (χ0) is 13.1. The quantitative estimate of drug-likeness (QED) is 0.840. The Kier molecular flexibility index (Phi) is 4.52. The Balaban J connectivity index is 1.97. The second-order valence-electron chi connectivity index (χ2n) is 5.70. The summed E-state index contributed by atoms with van der Waals surface area (Å²) in [5.41, 5.74) is 7.64. The molecular formula is C15H23ClN2. The molecule has 2 nitrogen and oxygen atoms in total. The maximum atomic E-state index is 6.06. The number of benzene rings is 1. The van der Waals surface area contributed by atoms with E-state index < -0.39 is 0 Å². The summed E-state index contributed by atoms with van der Waals surface area (Å²) in [6.45, 7) is 3.32. The van der Waals surface area contributed by atoms with Crippen LogP contribution in [0, 0.1) is 5.92 Å². The number of halogens is 1. The molecule has 1 aromatic carbocycles. The van der Waals surface area contributed by atoms with E-state index in [-0.39, 0.29) is 0 Å². The Labute approximate surface area is 115 Å². The van der Waals surface area contributed by atoms with E-state index in [9.17, 15) is 0 Å². The first-order valence-electron chi connectivity index (χ1n) is 6.80. The molecule has 1 fully saturated rings. The Bertz CT molecular complexity index is 405. The van der Waals surface area contributed by atoms with Gasteiger partial charge in [-0.05, 0) is 43.5 Å². The van der Waals surface area contributed by atoms with Crippen LogP contribution in [-0.2, 0) is 6.54 Å². The van der Waals surface area contributed by atoms with Gasteiger partial charge in [0.15, 0.2) is 0 Å². The van der Waals surface area contributed by atoms with Gasteiger partial charge in [0, 0.05) is 12.6 Å². The second kappa shape index (κ2) is 5.94. The van der Waals surface area contributed by atoms with Crippen LogP contribution >= 0.6 is 11.6 Å². The monoisotopic (exact) mass is 266 g/mol. The molecule has 0 aliphatic heterocycles. The molecule has 18 heavy (non-hydrogen) atoms. The van der Waals surface area contributed by atoms with Crippen LogP contribution in [0.2, 0.25) is 5.02 Å². The van der Waals surface area contributed by atoms with Gasteiger partial charge in [-0.2, -0.15) is 0 Å². The third-order valence-corrected chi connectivity index (χ3v) is 4.36. The van der Waals surface area contributed by atoms with Gasteiger partial charge >= 0.3 is 0 Å². The van der Waals surface area contributed by atoms with Gasteiger partial charge in [-0.25, -0.2) is 0 Å². The van der Waals surface area contributed by atoms with Crippen molar-refractivity contribution in [2.45, 2.75) is 45.2 Å². The van der Waals surface area contributed by atoms with E-state index in [4.69, 9.17) is 17.3 Å². The van der Waals surface area contributed by atoms with E-state index in [1.807, 2.05) is 12.1 Å². The minimum absolute atomic E-state index is 0.661. The molecule has 3 heteroatoms. The molecule has 2 rings (SSSR count). The summed E-state index contributed by atoms with van der Waals surface area (Å²) in [4.78, 5) is 2.46. The highest BCUT2D eigenvalue weighted by molar-refractivity contribution is 6.33. The molecule has 1 aromatic rings. The first-order valence-corrected chi connectivity index (χ1v) is 7.18. The van der Waals surface area contributed by atoms with Crippen LogP contribution in [0.4, 0.5) is 5.69 Å². The fraction of sp³-hybridized carbons (Fsp3) is 0.600. The molecule has 0 aromatic heterocycles. The number of anilines is 1. The predicted molar refractivity (Wildman–Crippen MR) is 78.8 cm³/mol. The highest BCUT2D eigenvalue weighted by Gasteiger charge is 2.22. The Morgan fingerprint density at radius 3 is 2.83 bits per heavy atom. The van der Waals surface area contributed by atoms with Crippen molar-refractivity contribution in [3.05, 3.63) is 28.8 Å². The third kappa shape index (κ3) is 3.39. The molecule has 0 radical (unpaired) electrons. The minimum Gasteiger partial charge on any atom is -0.398 e. The van der Waals surface area contributed by atoms with E-state index in [2.05, 4.69) is 24.9 Å². The summed E-state index contributed by atoms with van der Waals surface area (Å²) in [5, 5.41) is 0.665. The third-order valence-electron chi connectivity index (χ3n) is 4.03. The number of rotatable bonds is 3. The molecule has 0 spiro atoms. The summed E-state index contributed by atoms with van der Waals surface area (Å²) in [6, 6.07) is 6.67. The van der Waals surface area contributed by atoms with Crippen molar-refractivity contribution in [2.24, 2.45) is 5.92 Å². The summed E-state index contributed by atoms with van der Waals surface area (Å²) in [5.74, 6) is 0.862. The van der Waals surface area contributed by atoms with Gasteiger partial charge < -0.3 is 5.73 Å². The molecule has 1 aliphatic rings. The fourth-order valence-corrected chi connectivity index (χ4v) is 3.09. The van der Waals surface area contributed by atoms with E-state index in [0.717, 1.165) is 12.5 Å². The van der Waals surface area contributed by atoms with Crippen molar-refractivity contribution in [2.75, 3.05) is 12.8 Å². The number of nitrogens with zero attached hydrogens (tertiary/aromatic N) is 1. The summed E-state index contributed by atoms with van der Waals surface area (Å²) < 4.78 is 0. The van der Waals surface area contributed by atoms with Gasteiger partial charge in [-0.3, -0.25) is 4.90 Å². The molecular weight excluding hydrogens is 244 g/mol. The topological polar surface area (TPSA) is 29.3 Å². The molecule has 2 unspecified atom stereocenters. The molecule has 2 atom stereocenters. The van der Waals surface area contributed by atoms with Gasteiger partial charge in [-0.1, -0.05) is 37.4 Å². The summed E-state index contributed by atoms with van der Waals surface area (Å²) in [6.07, 6.45) is 5.39. The Hall–Kier alpha value is -0.730. The SMILES string of the molecule is CC1CCCC(N(C)Cc2ccc(N)c(Cl)c2)C1. The zero-order valence-corrected chi connectivity index (χ0v) is 12.1. The molecule has 0 bridgehead atoms. The van der Waals surface area contributed by atoms with Gasteiger partial charge in [-0.15, -0.1) is 0 Å². The van der Waals surface area contributed by atoms with Crippen LogP contribution in [0.1, 0.15) is 38.2 Å². The van der Waals surface area contributed by atoms with Crippen LogP contribution in [0.25, 0.3) is 0 Å². The number of hydrogen-bond acceptors (Lipinski definition) is 2. The lowest BCUT2D eigenvalue weighted by molar-refractivity contribution is 0.158. The van der Waals surface area contributed by atoms with Crippen LogP contribution in [-0.4, -0.2) is 18.0 Å². The number of hydrogen-bond donors (Lipinski definition) is 1. The molecule has 0 heterocycles. The van der Waals surface area contributed by atoms with Crippen molar-refractivity contribution in [1.82, 2.24) is 4.90 Å². The normalized spacial score (nSPS) is 24.4. The van der Waals surface area contributed by atoms with Crippen molar-refractivity contribution in [3.63, 3.8) is 0 Å². The highest BCUT2D eigenvalue weighted by atomic mass is 35.5. The fourth-order valence-electron chi connectivity index (χ4n) is 2.89. The summed E-state index contributed by atoms with van der Waals surface area (Å²) in [7, 11) is 2.22. The zero-order valence-electron chi connectivity index (χ0n) is 11.3. The molecule has 2 N–H and O–H groups in total. The molecule has 1 saturated carbocycles. The Morgan fingerprint density at radius 2 is 2.17 bits per heavy atom.